The number of methoxy groups -OCH3 is 1. The van der Waals surface area contributed by atoms with Gasteiger partial charge in [0.2, 0.25) is 0 Å². The van der Waals surface area contributed by atoms with Gasteiger partial charge in [0.25, 0.3) is 0 Å². The Morgan fingerprint density at radius 2 is 2.10 bits per heavy atom. The summed E-state index contributed by atoms with van der Waals surface area (Å²) in [5.74, 6) is 0.614. The Balaban J connectivity index is 2.82. The van der Waals surface area contributed by atoms with Gasteiger partial charge in [0.1, 0.15) is 5.75 Å². The molecule has 0 aliphatic rings. The van der Waals surface area contributed by atoms with Crippen LogP contribution < -0.4 is 4.74 Å². The zero-order valence-corrected chi connectivity index (χ0v) is 14.1. The molecule has 0 atom stereocenters. The fourth-order valence-electron chi connectivity index (χ4n) is 1.81. The third kappa shape index (κ3) is 5.13. The van der Waals surface area contributed by atoms with Crippen molar-refractivity contribution in [2.24, 2.45) is 0 Å². The van der Waals surface area contributed by atoms with E-state index in [2.05, 4.69) is 34.7 Å². The first kappa shape index (κ1) is 17.0. The number of halogens is 1. The third-order valence-electron chi connectivity index (χ3n) is 2.99. The van der Waals surface area contributed by atoms with Crippen LogP contribution >= 0.6 is 15.9 Å². The molecule has 0 amide bonds. The molecule has 0 bridgehead atoms. The first-order valence-electron chi connectivity index (χ1n) is 6.70. The molecule has 1 rings (SSSR count). The van der Waals surface area contributed by atoms with Crippen molar-refractivity contribution in [3.05, 3.63) is 28.2 Å². The van der Waals surface area contributed by atoms with Crippen molar-refractivity contribution in [2.45, 2.75) is 33.4 Å². The van der Waals surface area contributed by atoms with Crippen LogP contribution in [0, 0.1) is 0 Å². The third-order valence-corrected chi connectivity index (χ3v) is 3.77. The molecule has 112 valence electrons. The quantitative estimate of drug-likeness (QED) is 0.712. The summed E-state index contributed by atoms with van der Waals surface area (Å²) >= 11 is 3.54. The summed E-state index contributed by atoms with van der Waals surface area (Å²) < 4.78 is 11.3. The molecular weight excluding hydrogens is 322 g/mol. The van der Waals surface area contributed by atoms with Gasteiger partial charge in [0.05, 0.1) is 20.3 Å². The summed E-state index contributed by atoms with van der Waals surface area (Å²) in [4.78, 5) is 13.7. The molecule has 0 radical (unpaired) electrons. The maximum Gasteiger partial charge on any atom is 0.320 e. The van der Waals surface area contributed by atoms with Crippen molar-refractivity contribution in [3.8, 4) is 5.75 Å². The first-order valence-corrected chi connectivity index (χ1v) is 7.49. The maximum atomic E-state index is 11.7. The van der Waals surface area contributed by atoms with Crippen LogP contribution in [-0.4, -0.2) is 37.2 Å². The number of ether oxygens (including phenoxy) is 2. The lowest BCUT2D eigenvalue weighted by Crippen LogP contribution is -2.36. The second kappa shape index (κ2) is 8.27. The first-order chi connectivity index (χ1) is 9.47. The largest absolute Gasteiger partial charge is 0.497 e. The number of carbonyl (C=O) groups is 1. The second-order valence-corrected chi connectivity index (χ2v) is 5.62. The molecule has 0 heterocycles. The van der Waals surface area contributed by atoms with Crippen molar-refractivity contribution < 1.29 is 14.3 Å². The average molecular weight is 344 g/mol. The van der Waals surface area contributed by atoms with E-state index in [0.29, 0.717) is 13.2 Å². The van der Waals surface area contributed by atoms with Crippen molar-refractivity contribution in [3.63, 3.8) is 0 Å². The molecule has 0 aliphatic heterocycles. The Kier molecular flexibility index (Phi) is 7.02. The lowest BCUT2D eigenvalue weighted by atomic mass is 10.1. The van der Waals surface area contributed by atoms with Gasteiger partial charge in [-0.2, -0.15) is 0 Å². The summed E-state index contributed by atoms with van der Waals surface area (Å²) in [5, 5.41) is 0. The lowest BCUT2D eigenvalue weighted by Gasteiger charge is -2.26. The minimum Gasteiger partial charge on any atom is -0.497 e. The lowest BCUT2D eigenvalue weighted by molar-refractivity contribution is -0.145. The number of nitrogens with zero attached hydrogens (tertiary/aromatic N) is 1. The van der Waals surface area contributed by atoms with Crippen LogP contribution in [0.3, 0.4) is 0 Å². The molecule has 0 unspecified atom stereocenters. The smallest absolute Gasteiger partial charge is 0.320 e. The summed E-state index contributed by atoms with van der Waals surface area (Å²) in [6.07, 6.45) is 0. The minimum absolute atomic E-state index is 0.194. The normalized spacial score (nSPS) is 10.9. The summed E-state index contributed by atoms with van der Waals surface area (Å²) in [6, 6.07) is 6.08. The molecule has 0 aliphatic carbocycles. The Morgan fingerprint density at radius 3 is 2.65 bits per heavy atom. The Morgan fingerprint density at radius 1 is 1.40 bits per heavy atom. The molecule has 0 aromatic heterocycles. The van der Waals surface area contributed by atoms with Crippen molar-refractivity contribution in [1.82, 2.24) is 4.90 Å². The molecule has 0 spiro atoms. The number of rotatable bonds is 7. The fourth-order valence-corrected chi connectivity index (χ4v) is 2.18. The van der Waals surface area contributed by atoms with E-state index in [9.17, 15) is 4.79 Å². The van der Waals surface area contributed by atoms with Gasteiger partial charge in [-0.15, -0.1) is 0 Å². The zero-order chi connectivity index (χ0) is 15.1. The van der Waals surface area contributed by atoms with E-state index in [1.807, 2.05) is 25.1 Å². The highest BCUT2D eigenvalue weighted by atomic mass is 79.9. The Hall–Kier alpha value is -1.07. The molecule has 4 nitrogen and oxygen atoms in total. The molecular formula is C15H22BrNO3. The minimum atomic E-state index is -0.194. The van der Waals surface area contributed by atoms with Gasteiger partial charge in [0, 0.05) is 17.1 Å². The van der Waals surface area contributed by atoms with E-state index in [1.165, 1.54) is 0 Å². The van der Waals surface area contributed by atoms with E-state index >= 15 is 0 Å². The number of benzene rings is 1. The maximum absolute atomic E-state index is 11.7. The number of hydrogen-bond acceptors (Lipinski definition) is 4. The van der Waals surface area contributed by atoms with E-state index in [-0.39, 0.29) is 18.6 Å². The highest BCUT2D eigenvalue weighted by molar-refractivity contribution is 9.10. The van der Waals surface area contributed by atoms with Gasteiger partial charge in [-0.3, -0.25) is 9.69 Å². The Bertz CT molecular complexity index is 449. The zero-order valence-electron chi connectivity index (χ0n) is 12.5. The highest BCUT2D eigenvalue weighted by Gasteiger charge is 2.16. The molecule has 0 fully saturated rings. The van der Waals surface area contributed by atoms with E-state index in [1.54, 1.807) is 7.11 Å². The van der Waals surface area contributed by atoms with Crippen LogP contribution in [0.2, 0.25) is 0 Å². The summed E-state index contributed by atoms with van der Waals surface area (Å²) in [6.45, 7) is 7.30. The van der Waals surface area contributed by atoms with Crippen LogP contribution in [0.25, 0.3) is 0 Å². The summed E-state index contributed by atoms with van der Waals surface area (Å²) in [5.41, 5.74) is 1.09. The van der Waals surface area contributed by atoms with E-state index < -0.39 is 0 Å². The SMILES string of the molecule is CCOC(=O)CN(Cc1cc(OC)ccc1Br)C(C)C. The van der Waals surface area contributed by atoms with E-state index in [0.717, 1.165) is 15.8 Å². The highest BCUT2D eigenvalue weighted by Crippen LogP contribution is 2.24. The summed E-state index contributed by atoms with van der Waals surface area (Å²) in [7, 11) is 1.64. The van der Waals surface area contributed by atoms with Crippen LogP contribution in [-0.2, 0) is 16.1 Å². The van der Waals surface area contributed by atoms with Crippen LogP contribution in [0.1, 0.15) is 26.3 Å². The standard InChI is InChI=1S/C15H22BrNO3/c1-5-20-15(18)10-17(11(2)3)9-12-8-13(19-4)6-7-14(12)16/h6-8,11H,5,9-10H2,1-4H3. The molecule has 5 heteroatoms. The fraction of sp³-hybridized carbons (Fsp3) is 0.533. The topological polar surface area (TPSA) is 38.8 Å². The molecule has 0 saturated carbocycles. The number of hydrogen-bond donors (Lipinski definition) is 0. The van der Waals surface area contributed by atoms with Crippen LogP contribution in [0.15, 0.2) is 22.7 Å². The van der Waals surface area contributed by atoms with Gasteiger partial charge in [-0.1, -0.05) is 15.9 Å². The van der Waals surface area contributed by atoms with Crippen molar-refractivity contribution >= 4 is 21.9 Å². The van der Waals surface area contributed by atoms with Crippen LogP contribution in [0.4, 0.5) is 0 Å². The molecule has 1 aromatic rings. The molecule has 0 N–H and O–H groups in total. The van der Waals surface area contributed by atoms with Gasteiger partial charge in [0.15, 0.2) is 0 Å². The van der Waals surface area contributed by atoms with Crippen molar-refractivity contribution in [2.75, 3.05) is 20.3 Å². The monoisotopic (exact) mass is 343 g/mol. The average Bonchev–Trinajstić information content (AvgIpc) is 2.40. The van der Waals surface area contributed by atoms with Gasteiger partial charge in [-0.25, -0.2) is 0 Å². The molecule has 1 aromatic carbocycles. The Labute approximate surface area is 129 Å². The van der Waals surface area contributed by atoms with Gasteiger partial charge >= 0.3 is 5.97 Å². The van der Waals surface area contributed by atoms with E-state index in [4.69, 9.17) is 9.47 Å². The number of carbonyl (C=O) groups excluding carboxylic acids is 1. The van der Waals surface area contributed by atoms with Gasteiger partial charge < -0.3 is 9.47 Å². The number of esters is 1. The molecule has 0 saturated heterocycles. The predicted molar refractivity (Wildman–Crippen MR) is 82.9 cm³/mol. The van der Waals surface area contributed by atoms with Crippen LogP contribution in [0.5, 0.6) is 5.75 Å². The second-order valence-electron chi connectivity index (χ2n) is 4.76. The predicted octanol–water partition coefficient (Wildman–Crippen LogP) is 3.23. The van der Waals surface area contributed by atoms with Crippen molar-refractivity contribution in [1.29, 1.82) is 0 Å². The molecule has 20 heavy (non-hydrogen) atoms. The van der Waals surface area contributed by atoms with Gasteiger partial charge in [-0.05, 0) is 44.5 Å².